The van der Waals surface area contributed by atoms with Gasteiger partial charge in [0.05, 0.1) is 4.92 Å². The Balaban J connectivity index is 2.16. The predicted molar refractivity (Wildman–Crippen MR) is 75.1 cm³/mol. The summed E-state index contributed by atoms with van der Waals surface area (Å²) in [6.07, 6.45) is 0. The number of nitro groups is 1. The summed E-state index contributed by atoms with van der Waals surface area (Å²) in [5.74, 6) is 0.558. The van der Waals surface area contributed by atoms with Crippen molar-refractivity contribution in [2.24, 2.45) is 0 Å². The quantitative estimate of drug-likeness (QED) is 0.519. The van der Waals surface area contributed by atoms with Crippen molar-refractivity contribution in [1.82, 2.24) is 0 Å². The van der Waals surface area contributed by atoms with Crippen LogP contribution in [0.3, 0.4) is 0 Å². The lowest BCUT2D eigenvalue weighted by Crippen LogP contribution is -1.99. The minimum atomic E-state index is -0.498. The normalized spacial score (nSPS) is 10.2. The van der Waals surface area contributed by atoms with Crippen molar-refractivity contribution in [1.29, 1.82) is 0 Å². The summed E-state index contributed by atoms with van der Waals surface area (Å²) in [4.78, 5) is 10.5. The topological polar surface area (TPSA) is 72.6 Å². The van der Waals surface area contributed by atoms with Crippen LogP contribution in [-0.4, -0.2) is 10.0 Å². The molecule has 0 amide bonds. The summed E-state index contributed by atoms with van der Waals surface area (Å²) >= 11 is 5.66. The fourth-order valence-corrected chi connectivity index (χ4v) is 1.83. The summed E-state index contributed by atoms with van der Waals surface area (Å²) < 4.78 is 5.46. The molecule has 2 rings (SSSR count). The second-order valence-electron chi connectivity index (χ2n) is 4.15. The Morgan fingerprint density at radius 1 is 1.15 bits per heavy atom. The molecule has 1 N–H and O–H groups in total. The highest BCUT2D eigenvalue weighted by Gasteiger charge is 2.15. The molecule has 5 nitrogen and oxygen atoms in total. The third-order valence-electron chi connectivity index (χ3n) is 2.71. The molecule has 0 fully saturated rings. The number of phenols is 1. The van der Waals surface area contributed by atoms with Crippen LogP contribution >= 0.6 is 11.6 Å². The zero-order valence-electron chi connectivity index (χ0n) is 10.5. The molecule has 0 aliphatic carbocycles. The Labute approximate surface area is 120 Å². The number of ether oxygens (including phenoxy) is 1. The van der Waals surface area contributed by atoms with Gasteiger partial charge in [-0.15, -0.1) is 11.6 Å². The van der Waals surface area contributed by atoms with Gasteiger partial charge in [0.25, 0.3) is 0 Å². The van der Waals surface area contributed by atoms with Crippen LogP contribution in [0.15, 0.2) is 42.5 Å². The van der Waals surface area contributed by atoms with E-state index in [-0.39, 0.29) is 29.7 Å². The summed E-state index contributed by atoms with van der Waals surface area (Å²) in [6, 6.07) is 11.1. The zero-order valence-corrected chi connectivity index (χ0v) is 11.2. The van der Waals surface area contributed by atoms with Gasteiger partial charge in [-0.25, -0.2) is 0 Å². The van der Waals surface area contributed by atoms with E-state index in [4.69, 9.17) is 16.3 Å². The molecule has 104 valence electrons. The molecule has 0 bridgehead atoms. The summed E-state index contributed by atoms with van der Waals surface area (Å²) in [5, 5.41) is 20.2. The molecular formula is C14H12ClNO4. The van der Waals surface area contributed by atoms with Crippen LogP contribution in [0.4, 0.5) is 5.69 Å². The maximum atomic E-state index is 11.0. The van der Waals surface area contributed by atoms with Crippen LogP contribution in [0.2, 0.25) is 0 Å². The van der Waals surface area contributed by atoms with Crippen molar-refractivity contribution in [2.75, 3.05) is 0 Å². The third-order valence-corrected chi connectivity index (χ3v) is 3.01. The van der Waals surface area contributed by atoms with Crippen LogP contribution in [0.25, 0.3) is 0 Å². The fraction of sp³-hybridized carbons (Fsp3) is 0.143. The number of hydrogen-bond acceptors (Lipinski definition) is 4. The second-order valence-corrected chi connectivity index (χ2v) is 4.42. The summed E-state index contributed by atoms with van der Waals surface area (Å²) in [7, 11) is 0. The first-order valence-corrected chi connectivity index (χ1v) is 6.37. The number of aromatic hydroxyl groups is 1. The lowest BCUT2D eigenvalue weighted by atomic mass is 10.2. The van der Waals surface area contributed by atoms with Crippen LogP contribution < -0.4 is 4.74 Å². The maximum absolute atomic E-state index is 11.0. The van der Waals surface area contributed by atoms with Crippen molar-refractivity contribution >= 4 is 17.3 Å². The standard InChI is InChI=1S/C14H12ClNO4/c15-8-11-3-6-14(13(7-11)16(18)19)20-9-10-1-4-12(17)5-2-10/h1-7,17H,8-9H2. The lowest BCUT2D eigenvalue weighted by Gasteiger charge is -2.08. The molecule has 0 aliphatic rings. The van der Waals surface area contributed by atoms with E-state index in [2.05, 4.69) is 0 Å². The maximum Gasteiger partial charge on any atom is 0.311 e. The minimum Gasteiger partial charge on any atom is -0.508 e. The Morgan fingerprint density at radius 3 is 2.40 bits per heavy atom. The van der Waals surface area contributed by atoms with Gasteiger partial charge in [-0.1, -0.05) is 18.2 Å². The Hall–Kier alpha value is -2.27. The van der Waals surface area contributed by atoms with Crippen molar-refractivity contribution < 1.29 is 14.8 Å². The Kier molecular flexibility index (Phi) is 4.42. The van der Waals surface area contributed by atoms with Crippen LogP contribution in [-0.2, 0) is 12.5 Å². The highest BCUT2D eigenvalue weighted by molar-refractivity contribution is 6.17. The van der Waals surface area contributed by atoms with Gasteiger partial charge in [-0.05, 0) is 29.3 Å². The van der Waals surface area contributed by atoms with E-state index in [1.54, 1.807) is 18.2 Å². The molecule has 2 aromatic carbocycles. The molecule has 0 radical (unpaired) electrons. The SMILES string of the molecule is O=[N+]([O-])c1cc(CCl)ccc1OCc1ccc(O)cc1. The van der Waals surface area contributed by atoms with Gasteiger partial charge >= 0.3 is 5.69 Å². The van der Waals surface area contributed by atoms with Crippen molar-refractivity contribution in [3.8, 4) is 11.5 Å². The number of rotatable bonds is 5. The first kappa shape index (κ1) is 14.1. The summed E-state index contributed by atoms with van der Waals surface area (Å²) in [5.41, 5.74) is 1.36. The van der Waals surface area contributed by atoms with Gasteiger partial charge < -0.3 is 9.84 Å². The van der Waals surface area contributed by atoms with Crippen LogP contribution in [0.1, 0.15) is 11.1 Å². The zero-order chi connectivity index (χ0) is 14.5. The van der Waals surface area contributed by atoms with Gasteiger partial charge in [0, 0.05) is 11.9 Å². The predicted octanol–water partition coefficient (Wildman–Crippen LogP) is 3.62. The lowest BCUT2D eigenvalue weighted by molar-refractivity contribution is -0.386. The van der Waals surface area contributed by atoms with Gasteiger partial charge in [0.15, 0.2) is 5.75 Å². The van der Waals surface area contributed by atoms with Gasteiger partial charge in [0.2, 0.25) is 0 Å². The molecule has 0 unspecified atom stereocenters. The Morgan fingerprint density at radius 2 is 1.80 bits per heavy atom. The van der Waals surface area contributed by atoms with E-state index in [9.17, 15) is 15.2 Å². The molecule has 0 saturated heterocycles. The van der Waals surface area contributed by atoms with E-state index in [1.165, 1.54) is 24.3 Å². The highest BCUT2D eigenvalue weighted by Crippen LogP contribution is 2.29. The van der Waals surface area contributed by atoms with E-state index in [0.29, 0.717) is 5.56 Å². The fourth-order valence-electron chi connectivity index (χ4n) is 1.66. The first-order valence-electron chi connectivity index (χ1n) is 5.84. The van der Waals surface area contributed by atoms with Gasteiger partial charge in [-0.2, -0.15) is 0 Å². The summed E-state index contributed by atoms with van der Waals surface area (Å²) in [6.45, 7) is 0.182. The molecule has 0 spiro atoms. The van der Waals surface area contributed by atoms with E-state index in [0.717, 1.165) is 5.56 Å². The third kappa shape index (κ3) is 3.39. The number of nitro benzene ring substituents is 1. The minimum absolute atomic E-state index is 0.109. The average Bonchev–Trinajstić information content (AvgIpc) is 2.46. The Bertz CT molecular complexity index is 613. The number of hydrogen-bond donors (Lipinski definition) is 1. The largest absolute Gasteiger partial charge is 0.508 e. The van der Waals surface area contributed by atoms with Crippen molar-refractivity contribution in [3.63, 3.8) is 0 Å². The van der Waals surface area contributed by atoms with E-state index >= 15 is 0 Å². The highest BCUT2D eigenvalue weighted by atomic mass is 35.5. The second kappa shape index (κ2) is 6.25. The van der Waals surface area contributed by atoms with E-state index < -0.39 is 4.92 Å². The molecule has 0 atom stereocenters. The molecule has 2 aromatic rings. The van der Waals surface area contributed by atoms with Gasteiger partial charge in [-0.3, -0.25) is 10.1 Å². The molecular weight excluding hydrogens is 282 g/mol. The smallest absolute Gasteiger partial charge is 0.311 e. The molecule has 20 heavy (non-hydrogen) atoms. The number of phenolic OH excluding ortho intramolecular Hbond substituents is 1. The number of benzene rings is 2. The van der Waals surface area contributed by atoms with Crippen molar-refractivity contribution in [3.05, 3.63) is 63.7 Å². The molecule has 0 aromatic heterocycles. The van der Waals surface area contributed by atoms with Crippen LogP contribution in [0.5, 0.6) is 11.5 Å². The number of alkyl halides is 1. The molecule has 0 heterocycles. The molecule has 0 saturated carbocycles. The monoisotopic (exact) mass is 293 g/mol. The number of halogens is 1. The van der Waals surface area contributed by atoms with Gasteiger partial charge in [0.1, 0.15) is 12.4 Å². The van der Waals surface area contributed by atoms with E-state index in [1.807, 2.05) is 0 Å². The first-order chi connectivity index (χ1) is 9.60. The number of nitrogens with zero attached hydrogens (tertiary/aromatic N) is 1. The average molecular weight is 294 g/mol. The van der Waals surface area contributed by atoms with Crippen molar-refractivity contribution in [2.45, 2.75) is 12.5 Å². The molecule has 0 aliphatic heterocycles. The molecule has 6 heteroatoms. The van der Waals surface area contributed by atoms with Crippen LogP contribution in [0, 0.1) is 10.1 Å².